The second kappa shape index (κ2) is 6.52. The van der Waals surface area contributed by atoms with Gasteiger partial charge in [-0.3, -0.25) is 0 Å². The Balaban J connectivity index is 1.81. The average Bonchev–Trinajstić information content (AvgIpc) is 2.56. The van der Waals surface area contributed by atoms with Crippen molar-refractivity contribution in [2.75, 3.05) is 5.32 Å². The van der Waals surface area contributed by atoms with Gasteiger partial charge in [-0.25, -0.2) is 14.4 Å². The van der Waals surface area contributed by atoms with E-state index in [4.69, 9.17) is 0 Å². The molecule has 1 atom stereocenters. The molecule has 0 bridgehead atoms. The molecule has 22 heavy (non-hydrogen) atoms. The van der Waals surface area contributed by atoms with E-state index in [0.717, 1.165) is 35.1 Å². The molecule has 3 nitrogen and oxygen atoms in total. The molecule has 0 spiro atoms. The molecule has 0 aliphatic rings. The molecular formula is C18H18FN3. The Morgan fingerprint density at radius 1 is 1.05 bits per heavy atom. The maximum atomic E-state index is 13.0. The Labute approximate surface area is 129 Å². The van der Waals surface area contributed by atoms with Gasteiger partial charge in [0.1, 0.15) is 18.0 Å². The van der Waals surface area contributed by atoms with Crippen molar-refractivity contribution >= 4 is 16.7 Å². The quantitative estimate of drug-likeness (QED) is 0.766. The number of para-hydroxylation sites is 1. The van der Waals surface area contributed by atoms with Crippen molar-refractivity contribution in [3.05, 3.63) is 66.2 Å². The normalized spacial score (nSPS) is 12.3. The van der Waals surface area contributed by atoms with Crippen molar-refractivity contribution in [2.45, 2.75) is 25.8 Å². The number of anilines is 1. The summed E-state index contributed by atoms with van der Waals surface area (Å²) in [6.07, 6.45) is 3.36. The molecule has 1 unspecified atom stereocenters. The summed E-state index contributed by atoms with van der Waals surface area (Å²) in [6.45, 7) is 2.13. The summed E-state index contributed by atoms with van der Waals surface area (Å²) in [7, 11) is 0. The number of aromatic nitrogens is 2. The van der Waals surface area contributed by atoms with Gasteiger partial charge in [0, 0.05) is 11.4 Å². The number of nitrogens with zero attached hydrogens (tertiary/aromatic N) is 2. The number of hydrogen-bond donors (Lipinski definition) is 1. The van der Waals surface area contributed by atoms with Crippen LogP contribution in [0.1, 0.15) is 18.9 Å². The highest BCUT2D eigenvalue weighted by molar-refractivity contribution is 5.88. The SMILES string of the molecule is CCC(Cc1ccc(F)cc1)Nc1ncnc2ccccc12. The third-order valence-electron chi connectivity index (χ3n) is 3.77. The fourth-order valence-electron chi connectivity index (χ4n) is 2.52. The predicted molar refractivity (Wildman–Crippen MR) is 87.3 cm³/mol. The van der Waals surface area contributed by atoms with Gasteiger partial charge < -0.3 is 5.32 Å². The molecule has 0 saturated heterocycles. The average molecular weight is 295 g/mol. The molecule has 3 rings (SSSR count). The molecule has 0 amide bonds. The van der Waals surface area contributed by atoms with E-state index in [1.807, 2.05) is 36.4 Å². The molecule has 0 aliphatic carbocycles. The number of fused-ring (bicyclic) bond motifs is 1. The van der Waals surface area contributed by atoms with Crippen LogP contribution in [-0.2, 0) is 6.42 Å². The number of nitrogens with one attached hydrogen (secondary N) is 1. The fourth-order valence-corrected chi connectivity index (χ4v) is 2.52. The van der Waals surface area contributed by atoms with Crippen molar-refractivity contribution in [3.8, 4) is 0 Å². The zero-order valence-electron chi connectivity index (χ0n) is 12.5. The summed E-state index contributed by atoms with van der Waals surface area (Å²) in [6, 6.07) is 14.8. The van der Waals surface area contributed by atoms with Gasteiger partial charge in [0.2, 0.25) is 0 Å². The Morgan fingerprint density at radius 2 is 1.82 bits per heavy atom. The fraction of sp³-hybridized carbons (Fsp3) is 0.222. The molecule has 0 saturated carbocycles. The summed E-state index contributed by atoms with van der Waals surface area (Å²) in [4.78, 5) is 8.64. The second-order valence-corrected chi connectivity index (χ2v) is 5.32. The Bertz CT molecular complexity index is 750. The van der Waals surface area contributed by atoms with Crippen LogP contribution in [0.4, 0.5) is 10.2 Å². The minimum atomic E-state index is -0.202. The lowest BCUT2D eigenvalue weighted by Crippen LogP contribution is -2.22. The Hall–Kier alpha value is -2.49. The standard InChI is InChI=1S/C18H18FN3/c1-2-15(11-13-7-9-14(19)10-8-13)22-18-16-5-3-4-6-17(16)20-12-21-18/h3-10,12,15H,2,11H2,1H3,(H,20,21,22). The van der Waals surface area contributed by atoms with Gasteiger partial charge in [-0.05, 0) is 42.7 Å². The number of rotatable bonds is 5. The van der Waals surface area contributed by atoms with Gasteiger partial charge in [0.25, 0.3) is 0 Å². The molecular weight excluding hydrogens is 277 g/mol. The van der Waals surface area contributed by atoms with Gasteiger partial charge in [0.05, 0.1) is 5.52 Å². The zero-order valence-corrected chi connectivity index (χ0v) is 12.5. The lowest BCUT2D eigenvalue weighted by atomic mass is 10.0. The van der Waals surface area contributed by atoms with Crippen LogP contribution >= 0.6 is 0 Å². The Kier molecular flexibility index (Phi) is 4.28. The molecule has 1 heterocycles. The van der Waals surface area contributed by atoms with Crippen LogP contribution in [-0.4, -0.2) is 16.0 Å². The highest BCUT2D eigenvalue weighted by Crippen LogP contribution is 2.20. The Morgan fingerprint density at radius 3 is 2.59 bits per heavy atom. The molecule has 0 fully saturated rings. The maximum absolute atomic E-state index is 13.0. The highest BCUT2D eigenvalue weighted by Gasteiger charge is 2.10. The van der Waals surface area contributed by atoms with Crippen molar-refractivity contribution in [1.29, 1.82) is 0 Å². The monoisotopic (exact) mass is 295 g/mol. The summed E-state index contributed by atoms with van der Waals surface area (Å²) >= 11 is 0. The maximum Gasteiger partial charge on any atom is 0.137 e. The van der Waals surface area contributed by atoms with Crippen molar-refractivity contribution in [2.24, 2.45) is 0 Å². The first kappa shape index (κ1) is 14.4. The zero-order chi connectivity index (χ0) is 15.4. The number of halogens is 1. The molecule has 3 aromatic rings. The first-order valence-electron chi connectivity index (χ1n) is 7.47. The number of hydrogen-bond acceptors (Lipinski definition) is 3. The molecule has 0 aliphatic heterocycles. The van der Waals surface area contributed by atoms with Gasteiger partial charge >= 0.3 is 0 Å². The predicted octanol–water partition coefficient (Wildman–Crippen LogP) is 4.20. The molecule has 112 valence electrons. The van der Waals surface area contributed by atoms with E-state index in [-0.39, 0.29) is 11.9 Å². The largest absolute Gasteiger partial charge is 0.366 e. The van der Waals surface area contributed by atoms with Gasteiger partial charge in [-0.2, -0.15) is 0 Å². The van der Waals surface area contributed by atoms with E-state index in [0.29, 0.717) is 0 Å². The van der Waals surface area contributed by atoms with Crippen LogP contribution < -0.4 is 5.32 Å². The van der Waals surface area contributed by atoms with Crippen molar-refractivity contribution < 1.29 is 4.39 Å². The van der Waals surface area contributed by atoms with Crippen LogP contribution in [0.3, 0.4) is 0 Å². The molecule has 1 N–H and O–H groups in total. The van der Waals surface area contributed by atoms with Crippen LogP contribution in [0.2, 0.25) is 0 Å². The third kappa shape index (κ3) is 3.22. The smallest absolute Gasteiger partial charge is 0.137 e. The van der Waals surface area contributed by atoms with Gasteiger partial charge in [0.15, 0.2) is 0 Å². The molecule has 2 aromatic carbocycles. The lowest BCUT2D eigenvalue weighted by molar-refractivity contribution is 0.625. The topological polar surface area (TPSA) is 37.8 Å². The van der Waals surface area contributed by atoms with Crippen molar-refractivity contribution in [1.82, 2.24) is 9.97 Å². The van der Waals surface area contributed by atoms with Gasteiger partial charge in [-0.1, -0.05) is 31.2 Å². The van der Waals surface area contributed by atoms with E-state index >= 15 is 0 Å². The summed E-state index contributed by atoms with van der Waals surface area (Å²) in [5, 5.41) is 4.51. The van der Waals surface area contributed by atoms with Gasteiger partial charge in [-0.15, -0.1) is 0 Å². The lowest BCUT2D eigenvalue weighted by Gasteiger charge is -2.18. The summed E-state index contributed by atoms with van der Waals surface area (Å²) in [5.41, 5.74) is 2.04. The first-order chi connectivity index (χ1) is 10.8. The minimum Gasteiger partial charge on any atom is -0.366 e. The second-order valence-electron chi connectivity index (χ2n) is 5.32. The van der Waals surface area contributed by atoms with Crippen LogP contribution in [0, 0.1) is 5.82 Å². The van der Waals surface area contributed by atoms with Crippen LogP contribution in [0.15, 0.2) is 54.9 Å². The molecule has 0 radical (unpaired) electrons. The van der Waals surface area contributed by atoms with E-state index in [9.17, 15) is 4.39 Å². The van der Waals surface area contributed by atoms with E-state index in [1.165, 1.54) is 12.1 Å². The van der Waals surface area contributed by atoms with Crippen LogP contribution in [0.5, 0.6) is 0 Å². The number of benzene rings is 2. The van der Waals surface area contributed by atoms with Crippen molar-refractivity contribution in [3.63, 3.8) is 0 Å². The van der Waals surface area contributed by atoms with Crippen LogP contribution in [0.25, 0.3) is 10.9 Å². The van der Waals surface area contributed by atoms with E-state index in [1.54, 1.807) is 6.33 Å². The third-order valence-corrected chi connectivity index (χ3v) is 3.77. The minimum absolute atomic E-state index is 0.202. The van der Waals surface area contributed by atoms with E-state index < -0.39 is 0 Å². The summed E-state index contributed by atoms with van der Waals surface area (Å²) in [5.74, 6) is 0.645. The van der Waals surface area contributed by atoms with E-state index in [2.05, 4.69) is 22.2 Å². The molecule has 4 heteroatoms. The molecule has 1 aromatic heterocycles. The first-order valence-corrected chi connectivity index (χ1v) is 7.47. The summed E-state index contributed by atoms with van der Waals surface area (Å²) < 4.78 is 13.0. The highest BCUT2D eigenvalue weighted by atomic mass is 19.1.